The lowest BCUT2D eigenvalue weighted by molar-refractivity contribution is 0.596. The maximum atomic E-state index is 5.95. The monoisotopic (exact) mass is 187 g/mol. The molecule has 12 heavy (non-hydrogen) atoms. The molecule has 1 aromatic rings. The molecule has 1 aromatic heterocycles. The Morgan fingerprint density at radius 2 is 2.17 bits per heavy atom. The number of hydrogen-bond acceptors (Lipinski definition) is 2. The van der Waals surface area contributed by atoms with E-state index in [1.165, 1.54) is 0 Å². The smallest absolute Gasteiger partial charge is 0.164 e. The molecule has 4 heteroatoms. The van der Waals surface area contributed by atoms with E-state index < -0.39 is 0 Å². The van der Waals surface area contributed by atoms with Crippen LogP contribution < -0.4 is 5.73 Å². The first-order valence-corrected chi connectivity index (χ1v) is 4.37. The van der Waals surface area contributed by atoms with Gasteiger partial charge in [0.05, 0.1) is 5.69 Å². The molecule has 3 nitrogen and oxygen atoms in total. The molecule has 0 saturated heterocycles. The van der Waals surface area contributed by atoms with Gasteiger partial charge in [-0.25, -0.2) is 0 Å². The topological polar surface area (TPSA) is 43.8 Å². The third-order valence-corrected chi connectivity index (χ3v) is 2.14. The molecule has 0 saturated carbocycles. The molecule has 0 radical (unpaired) electrons. The van der Waals surface area contributed by atoms with Crippen molar-refractivity contribution in [2.24, 2.45) is 13.0 Å². The van der Waals surface area contributed by atoms with E-state index in [1.807, 2.05) is 7.05 Å². The second-order valence-electron chi connectivity index (χ2n) is 3.37. The third-order valence-electron chi connectivity index (χ3n) is 1.73. The number of nitrogens with zero attached hydrogens (tertiary/aromatic N) is 2. The van der Waals surface area contributed by atoms with Crippen LogP contribution in [0.25, 0.3) is 0 Å². The number of aromatic nitrogens is 2. The minimum atomic E-state index is 0.426. The molecule has 0 spiro atoms. The molecular formula is C8H14ClN3. The molecule has 0 aliphatic carbocycles. The molecule has 0 fully saturated rings. The molecule has 0 bridgehead atoms. The van der Waals surface area contributed by atoms with Crippen molar-refractivity contribution >= 4 is 17.4 Å². The Kier molecular flexibility index (Phi) is 2.62. The number of hydrogen-bond donors (Lipinski definition) is 1. The van der Waals surface area contributed by atoms with E-state index in [1.54, 1.807) is 4.68 Å². The van der Waals surface area contributed by atoms with Gasteiger partial charge in [0.2, 0.25) is 0 Å². The van der Waals surface area contributed by atoms with Crippen LogP contribution >= 0.6 is 11.6 Å². The van der Waals surface area contributed by atoms with E-state index in [0.29, 0.717) is 16.8 Å². The van der Waals surface area contributed by atoms with E-state index in [-0.39, 0.29) is 0 Å². The van der Waals surface area contributed by atoms with Crippen LogP contribution in [-0.2, 0) is 13.5 Å². The van der Waals surface area contributed by atoms with Crippen molar-refractivity contribution < 1.29 is 0 Å². The summed E-state index contributed by atoms with van der Waals surface area (Å²) in [5.74, 6) is 0.993. The number of anilines is 1. The first kappa shape index (κ1) is 9.39. The Morgan fingerprint density at radius 3 is 2.50 bits per heavy atom. The maximum absolute atomic E-state index is 5.95. The number of nitrogens with two attached hydrogens (primary N) is 1. The van der Waals surface area contributed by atoms with Gasteiger partial charge in [-0.1, -0.05) is 25.4 Å². The van der Waals surface area contributed by atoms with E-state index >= 15 is 0 Å². The molecule has 0 unspecified atom stereocenters. The lowest BCUT2D eigenvalue weighted by Crippen LogP contribution is -2.02. The third kappa shape index (κ3) is 1.72. The highest BCUT2D eigenvalue weighted by Crippen LogP contribution is 2.24. The van der Waals surface area contributed by atoms with Crippen LogP contribution in [0.3, 0.4) is 0 Å². The van der Waals surface area contributed by atoms with Crippen molar-refractivity contribution in [1.29, 1.82) is 0 Å². The fourth-order valence-corrected chi connectivity index (χ4v) is 1.40. The quantitative estimate of drug-likeness (QED) is 0.768. The molecule has 0 aromatic carbocycles. The summed E-state index contributed by atoms with van der Waals surface area (Å²) < 4.78 is 1.75. The normalized spacial score (nSPS) is 11.1. The zero-order chi connectivity index (χ0) is 9.30. The highest BCUT2D eigenvalue weighted by Gasteiger charge is 2.12. The summed E-state index contributed by atoms with van der Waals surface area (Å²) in [7, 11) is 1.86. The number of rotatable bonds is 2. The van der Waals surface area contributed by atoms with Crippen LogP contribution in [0.15, 0.2) is 0 Å². The molecule has 1 rings (SSSR count). The Morgan fingerprint density at radius 1 is 1.58 bits per heavy atom. The molecule has 68 valence electrons. The van der Waals surface area contributed by atoms with E-state index in [9.17, 15) is 0 Å². The molecule has 2 N–H and O–H groups in total. The standard InChI is InChI=1S/C8H14ClN3/c1-5(2)4-6-7(9)8(10)11-12(6)3/h5H,4H2,1-3H3,(H2,10,11). The minimum absolute atomic E-state index is 0.426. The molecule has 0 atom stereocenters. The summed E-state index contributed by atoms with van der Waals surface area (Å²) in [4.78, 5) is 0. The fraction of sp³-hybridized carbons (Fsp3) is 0.625. The fourth-order valence-electron chi connectivity index (χ4n) is 1.16. The van der Waals surface area contributed by atoms with Gasteiger partial charge in [-0.2, -0.15) is 5.10 Å². The SMILES string of the molecule is CC(C)Cc1c(Cl)c(N)nn1C. The highest BCUT2D eigenvalue weighted by molar-refractivity contribution is 6.33. The Balaban J connectivity index is 2.97. The summed E-state index contributed by atoms with van der Waals surface area (Å²) in [6.07, 6.45) is 0.916. The number of aryl methyl sites for hydroxylation is 1. The van der Waals surface area contributed by atoms with E-state index in [4.69, 9.17) is 17.3 Å². The molecule has 0 aliphatic rings. The van der Waals surface area contributed by atoms with Gasteiger partial charge in [0.1, 0.15) is 5.02 Å². The molecule has 1 heterocycles. The van der Waals surface area contributed by atoms with Crippen molar-refractivity contribution in [3.63, 3.8) is 0 Å². The van der Waals surface area contributed by atoms with Crippen LogP contribution in [0.2, 0.25) is 5.02 Å². The summed E-state index contributed by atoms with van der Waals surface area (Å²) in [6, 6.07) is 0. The van der Waals surface area contributed by atoms with Crippen molar-refractivity contribution in [1.82, 2.24) is 9.78 Å². The van der Waals surface area contributed by atoms with E-state index in [2.05, 4.69) is 18.9 Å². The summed E-state index contributed by atoms with van der Waals surface area (Å²) >= 11 is 5.95. The lowest BCUT2D eigenvalue weighted by atomic mass is 10.1. The van der Waals surface area contributed by atoms with Crippen LogP contribution in [0.4, 0.5) is 5.82 Å². The zero-order valence-corrected chi connectivity index (χ0v) is 8.39. The van der Waals surface area contributed by atoms with Gasteiger partial charge in [-0.3, -0.25) is 4.68 Å². The average Bonchev–Trinajstić information content (AvgIpc) is 2.16. The van der Waals surface area contributed by atoms with E-state index in [0.717, 1.165) is 12.1 Å². The van der Waals surface area contributed by atoms with Gasteiger partial charge in [0.15, 0.2) is 5.82 Å². The van der Waals surface area contributed by atoms with Crippen molar-refractivity contribution in [3.8, 4) is 0 Å². The first-order valence-electron chi connectivity index (χ1n) is 3.99. The van der Waals surface area contributed by atoms with Gasteiger partial charge in [-0.15, -0.1) is 0 Å². The maximum Gasteiger partial charge on any atom is 0.164 e. The Labute approximate surface area is 77.5 Å². The Hall–Kier alpha value is -0.700. The first-order chi connectivity index (χ1) is 5.52. The van der Waals surface area contributed by atoms with Gasteiger partial charge in [0.25, 0.3) is 0 Å². The predicted octanol–water partition coefficient (Wildman–Crippen LogP) is 1.85. The van der Waals surface area contributed by atoms with Gasteiger partial charge in [0, 0.05) is 7.05 Å². The summed E-state index contributed by atoms with van der Waals surface area (Å²) in [5.41, 5.74) is 6.57. The number of nitrogen functional groups attached to an aromatic ring is 1. The van der Waals surface area contributed by atoms with Crippen LogP contribution in [0.5, 0.6) is 0 Å². The summed E-state index contributed by atoms with van der Waals surface area (Å²) in [5, 5.41) is 4.63. The molecule has 0 amide bonds. The lowest BCUT2D eigenvalue weighted by Gasteiger charge is -2.04. The predicted molar refractivity (Wildman–Crippen MR) is 51.2 cm³/mol. The van der Waals surface area contributed by atoms with Crippen LogP contribution in [0.1, 0.15) is 19.5 Å². The second kappa shape index (κ2) is 3.35. The zero-order valence-electron chi connectivity index (χ0n) is 7.63. The average molecular weight is 188 g/mol. The molecule has 0 aliphatic heterocycles. The van der Waals surface area contributed by atoms with Crippen molar-refractivity contribution in [2.45, 2.75) is 20.3 Å². The Bertz CT molecular complexity index is 278. The largest absolute Gasteiger partial charge is 0.381 e. The number of halogens is 1. The van der Waals surface area contributed by atoms with Crippen LogP contribution in [0, 0.1) is 5.92 Å². The van der Waals surface area contributed by atoms with Gasteiger partial charge in [-0.05, 0) is 12.3 Å². The second-order valence-corrected chi connectivity index (χ2v) is 3.75. The molecular weight excluding hydrogens is 174 g/mol. The van der Waals surface area contributed by atoms with Crippen LogP contribution in [-0.4, -0.2) is 9.78 Å². The van der Waals surface area contributed by atoms with Gasteiger partial charge < -0.3 is 5.73 Å². The summed E-state index contributed by atoms with van der Waals surface area (Å²) in [6.45, 7) is 4.28. The van der Waals surface area contributed by atoms with Gasteiger partial charge >= 0.3 is 0 Å². The van der Waals surface area contributed by atoms with Crippen molar-refractivity contribution in [2.75, 3.05) is 5.73 Å². The highest BCUT2D eigenvalue weighted by atomic mass is 35.5. The minimum Gasteiger partial charge on any atom is -0.381 e. The van der Waals surface area contributed by atoms with Crippen molar-refractivity contribution in [3.05, 3.63) is 10.7 Å².